The van der Waals surface area contributed by atoms with E-state index in [4.69, 9.17) is 14.6 Å². The molecule has 10 heteroatoms. The van der Waals surface area contributed by atoms with Crippen LogP contribution in [0.1, 0.15) is 39.9 Å². The average Bonchev–Trinajstić information content (AvgIpc) is 3.28. The van der Waals surface area contributed by atoms with Gasteiger partial charge < -0.3 is 19.9 Å². The van der Waals surface area contributed by atoms with Crippen molar-refractivity contribution in [1.82, 2.24) is 0 Å². The highest BCUT2D eigenvalue weighted by Gasteiger charge is 2.40. The first-order valence-corrected chi connectivity index (χ1v) is 13.4. The highest BCUT2D eigenvalue weighted by atomic mass is 32.2. The Kier molecular flexibility index (Phi) is 6.87. The van der Waals surface area contributed by atoms with E-state index in [1.165, 1.54) is 12.1 Å². The summed E-state index contributed by atoms with van der Waals surface area (Å²) in [6, 6.07) is 12.2. The molecule has 5 rings (SSSR count). The molecule has 2 N–H and O–H groups in total. The number of hydrogen-bond acceptors (Lipinski definition) is 6. The van der Waals surface area contributed by atoms with Gasteiger partial charge in [-0.15, -0.1) is 0 Å². The van der Waals surface area contributed by atoms with Gasteiger partial charge in [-0.3, -0.25) is 0 Å². The summed E-state index contributed by atoms with van der Waals surface area (Å²) in [4.78, 5) is 10.6. The number of carbonyl (C=O) groups is 1. The van der Waals surface area contributed by atoms with E-state index < -0.39 is 43.8 Å². The van der Waals surface area contributed by atoms with Crippen molar-refractivity contribution in [2.45, 2.75) is 48.7 Å². The highest BCUT2D eigenvalue weighted by Crippen LogP contribution is 2.37. The van der Waals surface area contributed by atoms with E-state index >= 15 is 0 Å². The molecule has 194 valence electrons. The van der Waals surface area contributed by atoms with Crippen LogP contribution in [0.4, 0.5) is 14.5 Å². The van der Waals surface area contributed by atoms with Gasteiger partial charge in [0.15, 0.2) is 5.37 Å². The van der Waals surface area contributed by atoms with Gasteiger partial charge in [0.1, 0.15) is 24.0 Å². The summed E-state index contributed by atoms with van der Waals surface area (Å²) in [6.45, 7) is 0.510. The summed E-state index contributed by atoms with van der Waals surface area (Å²) in [5.74, 6) is -2.57. The minimum atomic E-state index is -4.24. The number of nitrogens with one attached hydrogen (secondary N) is 1. The second-order valence-corrected chi connectivity index (χ2v) is 11.2. The van der Waals surface area contributed by atoms with Crippen molar-refractivity contribution in [3.8, 4) is 5.75 Å². The number of fused-ring (bicyclic) bond motifs is 1. The van der Waals surface area contributed by atoms with Gasteiger partial charge in [-0.05, 0) is 72.4 Å². The smallest absolute Gasteiger partial charge is 0.335 e. The summed E-state index contributed by atoms with van der Waals surface area (Å²) in [7, 11) is -4.24. The van der Waals surface area contributed by atoms with Crippen LogP contribution in [0.15, 0.2) is 59.5 Å². The summed E-state index contributed by atoms with van der Waals surface area (Å²) in [6.07, 6.45) is 2.43. The Morgan fingerprint density at radius 1 is 1.05 bits per heavy atom. The van der Waals surface area contributed by atoms with E-state index in [0.29, 0.717) is 30.5 Å². The molecule has 1 aliphatic heterocycles. The van der Waals surface area contributed by atoms with Crippen molar-refractivity contribution < 1.29 is 36.6 Å². The maximum Gasteiger partial charge on any atom is 0.335 e. The lowest BCUT2D eigenvalue weighted by Crippen LogP contribution is -2.47. The van der Waals surface area contributed by atoms with Crippen LogP contribution in [0.25, 0.3) is 0 Å². The summed E-state index contributed by atoms with van der Waals surface area (Å²) >= 11 is 0. The predicted octanol–water partition coefficient (Wildman–Crippen LogP) is 4.73. The summed E-state index contributed by atoms with van der Waals surface area (Å²) in [5.41, 5.74) is 3.50. The largest absolute Gasteiger partial charge is 0.487 e. The number of benzene rings is 3. The molecule has 2 atom stereocenters. The zero-order valence-electron chi connectivity index (χ0n) is 19.7. The van der Waals surface area contributed by atoms with Crippen molar-refractivity contribution in [1.29, 1.82) is 0 Å². The molecular formula is C27H25F2NO6S. The van der Waals surface area contributed by atoms with Gasteiger partial charge in [-0.25, -0.2) is 22.0 Å². The standard InChI is InChI=1S/C27H25F2NO6S/c28-20-12-21(29)14-22(13-20)37(33,34)26(24-8-9-35-24)30-23-10-18-2-1-3-19(18)11-25(23)36-15-16-4-6-17(7-5-16)27(31)32/h4-7,10-14,24,26,30H,1-3,8-9,15H2,(H,31,32). The lowest BCUT2D eigenvalue weighted by molar-refractivity contribution is -0.0480. The number of carboxylic acids is 1. The van der Waals surface area contributed by atoms with Gasteiger partial charge in [0.25, 0.3) is 0 Å². The van der Waals surface area contributed by atoms with E-state index in [1.54, 1.807) is 12.1 Å². The number of ether oxygens (including phenoxy) is 2. The topological polar surface area (TPSA) is 102 Å². The van der Waals surface area contributed by atoms with E-state index in [2.05, 4.69) is 5.32 Å². The van der Waals surface area contributed by atoms with E-state index in [-0.39, 0.29) is 12.2 Å². The molecule has 2 unspecified atom stereocenters. The van der Waals surface area contributed by atoms with Crippen LogP contribution in [-0.2, 0) is 34.0 Å². The van der Waals surface area contributed by atoms with Gasteiger partial charge in [0.2, 0.25) is 9.84 Å². The third-order valence-electron chi connectivity index (χ3n) is 6.66. The minimum absolute atomic E-state index is 0.125. The number of carboxylic acid groups (broad SMARTS) is 1. The molecule has 37 heavy (non-hydrogen) atoms. The Bertz CT molecular complexity index is 1420. The lowest BCUT2D eigenvalue weighted by Gasteiger charge is -2.35. The maximum atomic E-state index is 13.9. The number of hydrogen-bond donors (Lipinski definition) is 2. The Labute approximate surface area is 213 Å². The second kappa shape index (κ2) is 10.1. The van der Waals surface area contributed by atoms with Crippen molar-refractivity contribution in [3.63, 3.8) is 0 Å². The Morgan fingerprint density at radius 2 is 1.70 bits per heavy atom. The van der Waals surface area contributed by atoms with Crippen molar-refractivity contribution in [3.05, 3.63) is 88.5 Å². The van der Waals surface area contributed by atoms with Crippen LogP contribution in [0.5, 0.6) is 5.75 Å². The van der Waals surface area contributed by atoms with Crippen LogP contribution < -0.4 is 10.1 Å². The zero-order chi connectivity index (χ0) is 26.2. The Balaban J connectivity index is 1.46. The molecule has 3 aromatic carbocycles. The van der Waals surface area contributed by atoms with E-state index in [9.17, 15) is 22.0 Å². The molecule has 2 aliphatic rings. The molecule has 0 aromatic heterocycles. The van der Waals surface area contributed by atoms with Crippen LogP contribution in [0.2, 0.25) is 0 Å². The molecule has 0 bridgehead atoms. The van der Waals surface area contributed by atoms with Crippen molar-refractivity contribution in [2.24, 2.45) is 0 Å². The van der Waals surface area contributed by atoms with Crippen LogP contribution in [-0.4, -0.2) is 37.6 Å². The highest BCUT2D eigenvalue weighted by molar-refractivity contribution is 7.92. The first-order valence-electron chi connectivity index (χ1n) is 11.9. The Morgan fingerprint density at radius 3 is 2.30 bits per heavy atom. The van der Waals surface area contributed by atoms with Gasteiger partial charge in [-0.2, -0.15) is 0 Å². The molecule has 1 saturated heterocycles. The second-order valence-electron chi connectivity index (χ2n) is 9.17. The van der Waals surface area contributed by atoms with E-state index in [1.807, 2.05) is 12.1 Å². The third-order valence-corrected chi connectivity index (χ3v) is 8.64. The summed E-state index contributed by atoms with van der Waals surface area (Å²) < 4.78 is 66.4. The molecule has 1 heterocycles. The van der Waals surface area contributed by atoms with Crippen LogP contribution >= 0.6 is 0 Å². The molecule has 1 aliphatic carbocycles. The van der Waals surface area contributed by atoms with Gasteiger partial charge in [-0.1, -0.05) is 12.1 Å². The van der Waals surface area contributed by atoms with Gasteiger partial charge >= 0.3 is 5.97 Å². The maximum absolute atomic E-state index is 13.9. The monoisotopic (exact) mass is 529 g/mol. The molecule has 0 amide bonds. The first-order chi connectivity index (χ1) is 17.7. The van der Waals surface area contributed by atoms with Gasteiger partial charge in [0, 0.05) is 19.1 Å². The fourth-order valence-corrected chi connectivity index (χ4v) is 6.34. The molecule has 0 saturated carbocycles. The Hall–Kier alpha value is -3.50. The SMILES string of the molecule is O=C(O)c1ccc(COc2cc3c(cc2NC(C2CCO2)S(=O)(=O)c2cc(F)cc(F)c2)CCC3)cc1. The predicted molar refractivity (Wildman–Crippen MR) is 132 cm³/mol. The van der Waals surface area contributed by atoms with Crippen molar-refractivity contribution >= 4 is 21.5 Å². The number of aromatic carboxylic acids is 1. The van der Waals surface area contributed by atoms with Crippen LogP contribution in [0.3, 0.4) is 0 Å². The fraction of sp³-hybridized carbons (Fsp3) is 0.296. The fourth-order valence-electron chi connectivity index (χ4n) is 4.59. The lowest BCUT2D eigenvalue weighted by atomic mass is 10.1. The molecule has 3 aromatic rings. The van der Waals surface area contributed by atoms with Gasteiger partial charge in [0.05, 0.1) is 22.3 Å². The number of anilines is 1. The average molecular weight is 530 g/mol. The molecule has 7 nitrogen and oxygen atoms in total. The summed E-state index contributed by atoms with van der Waals surface area (Å²) in [5, 5.41) is 10.9. The quantitative estimate of drug-likeness (QED) is 0.413. The number of halogens is 2. The molecular weight excluding hydrogens is 504 g/mol. The van der Waals surface area contributed by atoms with Crippen LogP contribution in [0, 0.1) is 11.6 Å². The normalized spacial score (nSPS) is 17.5. The first kappa shape index (κ1) is 25.2. The molecule has 0 spiro atoms. The third kappa shape index (κ3) is 5.30. The number of aryl methyl sites for hydroxylation is 2. The molecule has 0 radical (unpaired) electrons. The van der Waals surface area contributed by atoms with Crippen molar-refractivity contribution in [2.75, 3.05) is 11.9 Å². The zero-order valence-corrected chi connectivity index (χ0v) is 20.6. The number of rotatable bonds is 9. The molecule has 1 fully saturated rings. The minimum Gasteiger partial charge on any atom is -0.487 e. The van der Waals surface area contributed by atoms with E-state index in [0.717, 1.165) is 48.1 Å². The number of sulfone groups is 1.